The standard InChI is InChI=1S/C13H18N4O4/c1-3-4-17-12(19)10(11(18)14-13(17)20)9(2)15-16-5-7-21-8-6-16/h3,19H,1,4-8H2,2H3,(H,14,18,20)/b15-9+. The maximum absolute atomic E-state index is 11.9. The third kappa shape index (κ3) is 3.22. The average Bonchev–Trinajstić information content (AvgIpc) is 2.44. The highest BCUT2D eigenvalue weighted by molar-refractivity contribution is 6.00. The lowest BCUT2D eigenvalue weighted by Gasteiger charge is -2.24. The second kappa shape index (κ2) is 6.40. The van der Waals surface area contributed by atoms with Gasteiger partial charge in [0.15, 0.2) is 0 Å². The van der Waals surface area contributed by atoms with E-state index < -0.39 is 17.1 Å². The molecule has 2 heterocycles. The van der Waals surface area contributed by atoms with Gasteiger partial charge in [0.2, 0.25) is 5.88 Å². The molecule has 8 heteroatoms. The van der Waals surface area contributed by atoms with Crippen LogP contribution in [0, 0.1) is 0 Å². The molecule has 0 aliphatic carbocycles. The highest BCUT2D eigenvalue weighted by atomic mass is 16.5. The fourth-order valence-electron chi connectivity index (χ4n) is 2.10. The van der Waals surface area contributed by atoms with Crippen LogP contribution in [0.5, 0.6) is 5.88 Å². The van der Waals surface area contributed by atoms with Crippen molar-refractivity contribution in [2.75, 3.05) is 26.3 Å². The quantitative estimate of drug-likeness (QED) is 0.575. The van der Waals surface area contributed by atoms with Gasteiger partial charge in [-0.1, -0.05) is 6.08 Å². The van der Waals surface area contributed by atoms with Crippen molar-refractivity contribution in [2.45, 2.75) is 13.5 Å². The smallest absolute Gasteiger partial charge is 0.331 e. The molecular formula is C13H18N4O4. The number of hydrazone groups is 1. The first-order valence-corrected chi connectivity index (χ1v) is 6.60. The fourth-order valence-corrected chi connectivity index (χ4v) is 2.10. The van der Waals surface area contributed by atoms with Crippen LogP contribution >= 0.6 is 0 Å². The summed E-state index contributed by atoms with van der Waals surface area (Å²) < 4.78 is 6.25. The van der Waals surface area contributed by atoms with Crippen LogP contribution in [0.1, 0.15) is 12.5 Å². The Morgan fingerprint density at radius 1 is 1.48 bits per heavy atom. The molecule has 114 valence electrons. The van der Waals surface area contributed by atoms with Crippen LogP contribution in [0.15, 0.2) is 27.3 Å². The number of morpholine rings is 1. The molecule has 0 amide bonds. The molecule has 0 radical (unpaired) electrons. The molecule has 1 fully saturated rings. The maximum atomic E-state index is 11.9. The first kappa shape index (κ1) is 15.0. The molecule has 1 aromatic rings. The van der Waals surface area contributed by atoms with Crippen molar-refractivity contribution >= 4 is 5.71 Å². The summed E-state index contributed by atoms with van der Waals surface area (Å²) in [6.07, 6.45) is 1.46. The SMILES string of the molecule is C=CCn1c(O)c(/C(C)=N/N2CCOCC2)c(=O)[nH]c1=O. The van der Waals surface area contributed by atoms with Gasteiger partial charge in [-0.25, -0.2) is 4.79 Å². The summed E-state index contributed by atoms with van der Waals surface area (Å²) in [5.74, 6) is -0.404. The van der Waals surface area contributed by atoms with E-state index in [0.717, 1.165) is 4.57 Å². The lowest BCUT2D eigenvalue weighted by atomic mass is 10.2. The second-order valence-electron chi connectivity index (χ2n) is 4.61. The van der Waals surface area contributed by atoms with Crippen molar-refractivity contribution in [3.8, 4) is 5.88 Å². The normalized spacial score (nSPS) is 16.0. The Morgan fingerprint density at radius 3 is 2.76 bits per heavy atom. The van der Waals surface area contributed by atoms with E-state index in [1.807, 2.05) is 0 Å². The predicted octanol–water partition coefficient (Wildman–Crippen LogP) is -0.516. The number of nitrogens with zero attached hydrogens (tertiary/aromatic N) is 3. The minimum absolute atomic E-state index is 0.0112. The fraction of sp³-hybridized carbons (Fsp3) is 0.462. The number of H-pyrrole nitrogens is 1. The lowest BCUT2D eigenvalue weighted by Crippen LogP contribution is -2.36. The number of hydrogen-bond acceptors (Lipinski definition) is 6. The zero-order chi connectivity index (χ0) is 15.4. The molecule has 2 N–H and O–H groups in total. The summed E-state index contributed by atoms with van der Waals surface area (Å²) in [4.78, 5) is 25.7. The van der Waals surface area contributed by atoms with Crippen molar-refractivity contribution in [1.82, 2.24) is 14.6 Å². The van der Waals surface area contributed by atoms with Crippen LogP contribution in [0.3, 0.4) is 0 Å². The molecule has 1 saturated heterocycles. The van der Waals surface area contributed by atoms with E-state index in [1.165, 1.54) is 6.08 Å². The van der Waals surface area contributed by atoms with Crippen LogP contribution in [-0.2, 0) is 11.3 Å². The number of rotatable bonds is 4. The predicted molar refractivity (Wildman–Crippen MR) is 77.8 cm³/mol. The largest absolute Gasteiger partial charge is 0.494 e. The Bertz CT molecular complexity index is 668. The Balaban J connectivity index is 2.44. The average molecular weight is 294 g/mol. The molecule has 0 atom stereocenters. The number of aromatic amines is 1. The third-order valence-electron chi connectivity index (χ3n) is 3.12. The highest BCUT2D eigenvalue weighted by Gasteiger charge is 2.17. The van der Waals surface area contributed by atoms with Crippen molar-refractivity contribution in [3.05, 3.63) is 39.1 Å². The van der Waals surface area contributed by atoms with Gasteiger partial charge in [0.1, 0.15) is 5.56 Å². The molecule has 1 aliphatic rings. The van der Waals surface area contributed by atoms with Crippen LogP contribution in [0.2, 0.25) is 0 Å². The molecular weight excluding hydrogens is 276 g/mol. The van der Waals surface area contributed by atoms with Crippen molar-refractivity contribution in [1.29, 1.82) is 0 Å². The monoisotopic (exact) mass is 294 g/mol. The number of aromatic nitrogens is 2. The van der Waals surface area contributed by atoms with Crippen LogP contribution in [0.4, 0.5) is 0 Å². The van der Waals surface area contributed by atoms with E-state index in [-0.39, 0.29) is 12.1 Å². The van der Waals surface area contributed by atoms with Crippen LogP contribution < -0.4 is 11.2 Å². The van der Waals surface area contributed by atoms with E-state index in [1.54, 1.807) is 11.9 Å². The zero-order valence-electron chi connectivity index (χ0n) is 11.8. The van der Waals surface area contributed by atoms with E-state index >= 15 is 0 Å². The molecule has 0 spiro atoms. The Hall–Kier alpha value is -2.35. The van der Waals surface area contributed by atoms with Crippen molar-refractivity contribution in [3.63, 3.8) is 0 Å². The number of ether oxygens (including phenoxy) is 1. The van der Waals surface area contributed by atoms with Crippen LogP contribution in [0.25, 0.3) is 0 Å². The molecule has 0 aromatic carbocycles. The molecule has 0 unspecified atom stereocenters. The van der Waals surface area contributed by atoms with Gasteiger partial charge >= 0.3 is 5.69 Å². The van der Waals surface area contributed by atoms with E-state index in [0.29, 0.717) is 32.0 Å². The minimum Gasteiger partial charge on any atom is -0.494 e. The summed E-state index contributed by atoms with van der Waals surface area (Å²) in [7, 11) is 0. The molecule has 8 nitrogen and oxygen atoms in total. The van der Waals surface area contributed by atoms with Gasteiger partial charge in [0, 0.05) is 6.54 Å². The second-order valence-corrected chi connectivity index (χ2v) is 4.61. The van der Waals surface area contributed by atoms with Gasteiger partial charge in [-0.2, -0.15) is 5.10 Å². The summed E-state index contributed by atoms with van der Waals surface area (Å²) in [6, 6.07) is 0. The molecule has 0 bridgehead atoms. The van der Waals surface area contributed by atoms with E-state index in [4.69, 9.17) is 4.74 Å². The number of aromatic hydroxyl groups is 1. The Labute approximate surface area is 121 Å². The van der Waals surface area contributed by atoms with Gasteiger partial charge in [-0.15, -0.1) is 6.58 Å². The molecule has 21 heavy (non-hydrogen) atoms. The van der Waals surface area contributed by atoms with Crippen molar-refractivity contribution < 1.29 is 9.84 Å². The third-order valence-corrected chi connectivity index (χ3v) is 3.12. The topological polar surface area (TPSA) is 99.9 Å². The summed E-state index contributed by atoms with van der Waals surface area (Å²) in [5, 5.41) is 16.2. The first-order chi connectivity index (χ1) is 10.0. The minimum atomic E-state index is -0.680. The summed E-state index contributed by atoms with van der Waals surface area (Å²) in [5.41, 5.74) is -1.01. The molecule has 1 aliphatic heterocycles. The molecule has 1 aromatic heterocycles. The molecule has 0 saturated carbocycles. The van der Waals surface area contributed by atoms with Gasteiger partial charge in [-0.3, -0.25) is 19.4 Å². The summed E-state index contributed by atoms with van der Waals surface area (Å²) >= 11 is 0. The van der Waals surface area contributed by atoms with E-state index in [9.17, 15) is 14.7 Å². The Kier molecular flexibility index (Phi) is 4.59. The van der Waals surface area contributed by atoms with Gasteiger partial charge in [0.25, 0.3) is 5.56 Å². The van der Waals surface area contributed by atoms with Gasteiger partial charge in [-0.05, 0) is 6.92 Å². The summed E-state index contributed by atoms with van der Waals surface area (Å²) in [6.45, 7) is 7.58. The first-order valence-electron chi connectivity index (χ1n) is 6.60. The maximum Gasteiger partial charge on any atom is 0.331 e. The molecule has 2 rings (SSSR count). The van der Waals surface area contributed by atoms with Crippen molar-refractivity contribution in [2.24, 2.45) is 5.10 Å². The Morgan fingerprint density at radius 2 is 2.14 bits per heavy atom. The number of hydrogen-bond donors (Lipinski definition) is 2. The van der Waals surface area contributed by atoms with Crippen LogP contribution in [-0.4, -0.2) is 51.7 Å². The highest BCUT2D eigenvalue weighted by Crippen LogP contribution is 2.12. The van der Waals surface area contributed by atoms with E-state index in [2.05, 4.69) is 16.7 Å². The number of allylic oxidation sites excluding steroid dienone is 1. The zero-order valence-corrected chi connectivity index (χ0v) is 11.8. The van der Waals surface area contributed by atoms with Gasteiger partial charge in [0.05, 0.1) is 32.0 Å². The lowest BCUT2D eigenvalue weighted by molar-refractivity contribution is 0.0393. The van der Waals surface area contributed by atoms with Gasteiger partial charge < -0.3 is 9.84 Å². The number of nitrogens with one attached hydrogen (secondary N) is 1.